The van der Waals surface area contributed by atoms with Crippen LogP contribution in [0.5, 0.6) is 0 Å². The van der Waals surface area contributed by atoms with E-state index in [1.807, 2.05) is 80.9 Å². The Balaban J connectivity index is 1.76. The molecule has 2 N–H and O–H groups in total. The van der Waals surface area contributed by atoms with Gasteiger partial charge in [-0.05, 0) is 78.1 Å². The van der Waals surface area contributed by atoms with Gasteiger partial charge in [0.25, 0.3) is 5.91 Å². The topological polar surface area (TPSA) is 88.0 Å². The number of benzene rings is 1. The third-order valence-corrected chi connectivity index (χ3v) is 7.00. The van der Waals surface area contributed by atoms with Gasteiger partial charge in [-0.3, -0.25) is 9.48 Å². The second-order valence-electron chi connectivity index (χ2n) is 9.67. The van der Waals surface area contributed by atoms with Gasteiger partial charge in [-0.1, -0.05) is 11.6 Å². The van der Waals surface area contributed by atoms with Crippen LogP contribution in [0.2, 0.25) is 5.02 Å². The summed E-state index contributed by atoms with van der Waals surface area (Å²) < 4.78 is 1.95. The second-order valence-corrected chi connectivity index (χ2v) is 10.1. The number of halogens is 1. The van der Waals surface area contributed by atoms with E-state index in [0.29, 0.717) is 34.0 Å². The predicted molar refractivity (Wildman–Crippen MR) is 155 cm³/mol. The van der Waals surface area contributed by atoms with Crippen molar-refractivity contribution in [2.24, 2.45) is 0 Å². The fourth-order valence-electron chi connectivity index (χ4n) is 4.51. The van der Waals surface area contributed by atoms with Gasteiger partial charge in [-0.15, -0.1) is 0 Å². The Morgan fingerprint density at radius 2 is 1.87 bits per heavy atom. The van der Waals surface area contributed by atoms with Gasteiger partial charge in [-0.2, -0.15) is 5.10 Å². The second kappa shape index (κ2) is 11.9. The van der Waals surface area contributed by atoms with E-state index in [4.69, 9.17) is 21.6 Å². The Kier molecular flexibility index (Phi) is 8.64. The predicted octanol–water partition coefficient (Wildman–Crippen LogP) is 5.47. The van der Waals surface area contributed by atoms with Crippen LogP contribution in [0.1, 0.15) is 48.1 Å². The molecule has 0 aliphatic carbocycles. The summed E-state index contributed by atoms with van der Waals surface area (Å²) in [6, 6.07) is 11.2. The standard InChI is InChI=1S/C29H36ClN7O/c1-7-37-20(5)21(16-33-37)17-36(18(2)3)29(38)24-15-28(35-26-9-8-22(30)14-23(24)26)27-11-10-25(19(4)34-27)32-13-12-31-6/h8-11,14-16,18,31-32H,7,12-13,17H2,1-6H3. The number of nitrogens with zero attached hydrogens (tertiary/aromatic N) is 5. The molecule has 1 amide bonds. The number of pyridine rings is 2. The highest BCUT2D eigenvalue weighted by atomic mass is 35.5. The Bertz CT molecular complexity index is 1450. The van der Waals surface area contributed by atoms with Crippen molar-refractivity contribution in [3.63, 3.8) is 0 Å². The highest BCUT2D eigenvalue weighted by molar-refractivity contribution is 6.31. The average Bonchev–Trinajstić information content (AvgIpc) is 3.26. The Hall–Kier alpha value is -3.49. The van der Waals surface area contributed by atoms with Crippen LogP contribution < -0.4 is 10.6 Å². The van der Waals surface area contributed by atoms with Crippen molar-refractivity contribution in [3.05, 3.63) is 70.1 Å². The van der Waals surface area contributed by atoms with Crippen LogP contribution in [0.3, 0.4) is 0 Å². The number of nitrogens with one attached hydrogen (secondary N) is 2. The first-order valence-corrected chi connectivity index (χ1v) is 13.4. The third-order valence-electron chi connectivity index (χ3n) is 6.77. The minimum absolute atomic E-state index is 0.0268. The zero-order chi connectivity index (χ0) is 27.4. The SMILES string of the molecule is CCn1ncc(CN(C(=O)c2cc(-c3ccc(NCCNC)c(C)n3)nc3ccc(Cl)cc23)C(C)C)c1C. The first kappa shape index (κ1) is 27.5. The van der Waals surface area contributed by atoms with Gasteiger partial charge in [0.2, 0.25) is 0 Å². The monoisotopic (exact) mass is 533 g/mol. The molecule has 0 saturated heterocycles. The van der Waals surface area contributed by atoms with Crippen LogP contribution in [-0.4, -0.2) is 56.7 Å². The van der Waals surface area contributed by atoms with E-state index in [9.17, 15) is 4.79 Å². The summed E-state index contributed by atoms with van der Waals surface area (Å²) in [4.78, 5) is 25.7. The number of carbonyl (C=O) groups is 1. The summed E-state index contributed by atoms with van der Waals surface area (Å²) in [5, 5.41) is 12.3. The Labute approximate surface area is 229 Å². The first-order valence-electron chi connectivity index (χ1n) is 13.0. The van der Waals surface area contributed by atoms with Crippen LogP contribution in [-0.2, 0) is 13.1 Å². The summed E-state index contributed by atoms with van der Waals surface area (Å²) in [6.07, 6.45) is 1.85. The molecule has 0 unspecified atom stereocenters. The van der Waals surface area contributed by atoms with Crippen LogP contribution in [0, 0.1) is 13.8 Å². The van der Waals surface area contributed by atoms with Crippen molar-refractivity contribution in [1.29, 1.82) is 0 Å². The number of carbonyl (C=O) groups excluding carboxylic acids is 1. The minimum atomic E-state index is -0.0818. The molecule has 0 saturated carbocycles. The van der Waals surface area contributed by atoms with Crippen molar-refractivity contribution < 1.29 is 4.79 Å². The molecule has 4 aromatic rings. The number of likely N-dealkylation sites (N-methyl/N-ethyl adjacent to an activating group) is 1. The molecule has 0 bridgehead atoms. The molecule has 8 nitrogen and oxygen atoms in total. The van der Waals surface area contributed by atoms with Crippen LogP contribution in [0.25, 0.3) is 22.3 Å². The zero-order valence-electron chi connectivity index (χ0n) is 23.0. The lowest BCUT2D eigenvalue weighted by Crippen LogP contribution is -2.36. The van der Waals surface area contributed by atoms with E-state index in [1.54, 1.807) is 6.07 Å². The van der Waals surface area contributed by atoms with Crippen molar-refractivity contribution in [2.75, 3.05) is 25.5 Å². The molecule has 0 radical (unpaired) electrons. The lowest BCUT2D eigenvalue weighted by Gasteiger charge is -2.27. The number of rotatable bonds is 10. The molecular formula is C29H36ClN7O. The third kappa shape index (κ3) is 5.81. The van der Waals surface area contributed by atoms with E-state index in [1.165, 1.54) is 0 Å². The van der Waals surface area contributed by atoms with Crippen LogP contribution >= 0.6 is 11.6 Å². The van der Waals surface area contributed by atoms with Crippen LogP contribution in [0.15, 0.2) is 42.6 Å². The maximum absolute atomic E-state index is 14.1. The number of anilines is 1. The molecule has 3 heterocycles. The number of aromatic nitrogens is 4. The smallest absolute Gasteiger partial charge is 0.255 e. The highest BCUT2D eigenvalue weighted by Gasteiger charge is 2.24. The summed E-state index contributed by atoms with van der Waals surface area (Å²) in [6.45, 7) is 13.0. The summed E-state index contributed by atoms with van der Waals surface area (Å²) in [7, 11) is 1.92. The van der Waals surface area contributed by atoms with Crippen molar-refractivity contribution >= 4 is 34.1 Å². The Morgan fingerprint density at radius 1 is 1.08 bits per heavy atom. The maximum atomic E-state index is 14.1. The number of aryl methyl sites for hydroxylation is 2. The maximum Gasteiger partial charge on any atom is 0.255 e. The fraction of sp³-hybridized carbons (Fsp3) is 0.379. The van der Waals surface area contributed by atoms with Crippen molar-refractivity contribution in [2.45, 2.75) is 53.8 Å². The van der Waals surface area contributed by atoms with Gasteiger partial charge in [0.05, 0.1) is 40.0 Å². The molecule has 0 aliphatic rings. The molecule has 0 atom stereocenters. The largest absolute Gasteiger partial charge is 0.382 e. The molecule has 0 aliphatic heterocycles. The molecule has 38 heavy (non-hydrogen) atoms. The van der Waals surface area contributed by atoms with E-state index in [-0.39, 0.29) is 11.9 Å². The molecule has 1 aromatic carbocycles. The van der Waals surface area contributed by atoms with Gasteiger partial charge >= 0.3 is 0 Å². The fourth-order valence-corrected chi connectivity index (χ4v) is 4.68. The van der Waals surface area contributed by atoms with Gasteiger partial charge in [-0.25, -0.2) is 9.97 Å². The zero-order valence-corrected chi connectivity index (χ0v) is 23.7. The first-order chi connectivity index (χ1) is 18.2. The molecular weight excluding hydrogens is 498 g/mol. The highest BCUT2D eigenvalue weighted by Crippen LogP contribution is 2.29. The average molecular weight is 534 g/mol. The minimum Gasteiger partial charge on any atom is -0.382 e. The lowest BCUT2D eigenvalue weighted by atomic mass is 10.0. The Morgan fingerprint density at radius 3 is 2.53 bits per heavy atom. The van der Waals surface area contributed by atoms with E-state index >= 15 is 0 Å². The summed E-state index contributed by atoms with van der Waals surface area (Å²) in [5.74, 6) is -0.0818. The van der Waals surface area contributed by atoms with E-state index < -0.39 is 0 Å². The van der Waals surface area contributed by atoms with E-state index in [0.717, 1.165) is 47.7 Å². The quantitative estimate of drug-likeness (QED) is 0.263. The van der Waals surface area contributed by atoms with Crippen molar-refractivity contribution in [1.82, 2.24) is 30.0 Å². The van der Waals surface area contributed by atoms with Crippen molar-refractivity contribution in [3.8, 4) is 11.4 Å². The summed E-state index contributed by atoms with van der Waals surface area (Å²) in [5.41, 5.74) is 6.55. The lowest BCUT2D eigenvalue weighted by molar-refractivity contribution is 0.0692. The molecule has 3 aromatic heterocycles. The number of hydrogen-bond acceptors (Lipinski definition) is 6. The van der Waals surface area contributed by atoms with Crippen LogP contribution in [0.4, 0.5) is 5.69 Å². The van der Waals surface area contributed by atoms with Gasteiger partial charge in [0, 0.05) is 53.9 Å². The number of amides is 1. The molecule has 0 fully saturated rings. The molecule has 0 spiro atoms. The molecule has 9 heteroatoms. The number of fused-ring (bicyclic) bond motifs is 1. The van der Waals surface area contributed by atoms with E-state index in [2.05, 4.69) is 22.7 Å². The normalized spacial score (nSPS) is 11.4. The molecule has 200 valence electrons. The van der Waals surface area contributed by atoms with Gasteiger partial charge < -0.3 is 15.5 Å². The van der Waals surface area contributed by atoms with Gasteiger partial charge in [0.1, 0.15) is 0 Å². The number of hydrogen-bond donors (Lipinski definition) is 2. The molecule has 4 rings (SSSR count). The summed E-state index contributed by atoms with van der Waals surface area (Å²) >= 11 is 6.37. The van der Waals surface area contributed by atoms with Gasteiger partial charge in [0.15, 0.2) is 0 Å².